The lowest BCUT2D eigenvalue weighted by Gasteiger charge is -2.09. The molecule has 0 atom stereocenters. The molecule has 0 fully saturated rings. The second kappa shape index (κ2) is 8.82. The Morgan fingerprint density at radius 2 is 1.69 bits per heavy atom. The van der Waals surface area contributed by atoms with Gasteiger partial charge in [0, 0.05) is 22.7 Å². The van der Waals surface area contributed by atoms with Gasteiger partial charge in [-0.3, -0.25) is 0 Å². The zero-order valence-electron chi connectivity index (χ0n) is 19.7. The van der Waals surface area contributed by atoms with Crippen LogP contribution in [0.25, 0.3) is 39.5 Å². The second-order valence-electron chi connectivity index (χ2n) is 8.75. The van der Waals surface area contributed by atoms with Gasteiger partial charge in [-0.2, -0.15) is 5.10 Å². The van der Waals surface area contributed by atoms with Crippen LogP contribution in [0.2, 0.25) is 0 Å². The molecule has 0 aliphatic heterocycles. The first-order chi connectivity index (χ1) is 17.6. The summed E-state index contributed by atoms with van der Waals surface area (Å²) in [5.41, 5.74) is 7.33. The van der Waals surface area contributed by atoms with Gasteiger partial charge in [0.05, 0.1) is 35.3 Å². The normalized spacial score (nSPS) is 13.8. The van der Waals surface area contributed by atoms with Gasteiger partial charge in [-0.15, -0.1) is 0 Å². The Bertz CT molecular complexity index is 1630. The molecular weight excluding hydrogens is 450 g/mol. The fourth-order valence-electron chi connectivity index (χ4n) is 4.89. The van der Waals surface area contributed by atoms with E-state index in [9.17, 15) is 9.90 Å². The maximum atomic E-state index is 12.2. The maximum Gasteiger partial charge on any atom is 0.336 e. The Kier molecular flexibility index (Phi) is 5.34. The summed E-state index contributed by atoms with van der Waals surface area (Å²) in [5, 5.41) is 15.6. The van der Waals surface area contributed by atoms with Gasteiger partial charge in [0.25, 0.3) is 0 Å². The van der Waals surface area contributed by atoms with Crippen LogP contribution in [0.15, 0.2) is 85.1 Å². The van der Waals surface area contributed by atoms with Crippen LogP contribution in [-0.4, -0.2) is 33.0 Å². The van der Waals surface area contributed by atoms with Crippen LogP contribution in [0.4, 0.5) is 0 Å². The number of methoxy groups -OCH3 is 1. The number of carbonyl (C=O) groups is 1. The van der Waals surface area contributed by atoms with Crippen molar-refractivity contribution in [2.24, 2.45) is 0 Å². The predicted octanol–water partition coefficient (Wildman–Crippen LogP) is 6.28. The number of hydrogen-bond acceptors (Lipinski definition) is 4. The third-order valence-electron chi connectivity index (χ3n) is 6.61. The molecule has 176 valence electrons. The van der Waals surface area contributed by atoms with E-state index in [-0.39, 0.29) is 0 Å². The summed E-state index contributed by atoms with van der Waals surface area (Å²) in [6.07, 6.45) is 5.48. The van der Waals surface area contributed by atoms with Gasteiger partial charge >= 0.3 is 5.97 Å². The van der Waals surface area contributed by atoms with Crippen LogP contribution < -0.4 is 4.74 Å². The first-order valence-electron chi connectivity index (χ1n) is 11.8. The van der Waals surface area contributed by atoms with Crippen molar-refractivity contribution in [3.63, 3.8) is 0 Å². The van der Waals surface area contributed by atoms with Gasteiger partial charge in [-0.25, -0.2) is 14.5 Å². The van der Waals surface area contributed by atoms with E-state index in [1.807, 2.05) is 89.7 Å². The summed E-state index contributed by atoms with van der Waals surface area (Å²) >= 11 is 0. The molecule has 1 N–H and O–H groups in total. The van der Waals surface area contributed by atoms with Crippen molar-refractivity contribution in [3.05, 3.63) is 107 Å². The standard InChI is InChI=1S/C30H23N3O3/c1-36-23-14-11-19(12-15-23)28-21(18-33(32-28)22-7-3-2-4-8-22)17-20-13-16-25-27(30(34)35)24-9-5-6-10-26(24)31-29(20)25/h2-12,14-15,17-18H,13,16H2,1H3,(H,34,35). The van der Waals surface area contributed by atoms with Gasteiger partial charge < -0.3 is 9.84 Å². The second-order valence-corrected chi connectivity index (χ2v) is 8.75. The quantitative estimate of drug-likeness (QED) is 0.325. The van der Waals surface area contributed by atoms with Crippen LogP contribution in [0.5, 0.6) is 5.75 Å². The number of pyridine rings is 1. The summed E-state index contributed by atoms with van der Waals surface area (Å²) in [6, 6.07) is 25.3. The molecule has 0 saturated heterocycles. The number of hydrogen-bond donors (Lipinski definition) is 1. The highest BCUT2D eigenvalue weighted by Gasteiger charge is 2.27. The van der Waals surface area contributed by atoms with Crippen LogP contribution in [0, 0.1) is 0 Å². The molecule has 1 aliphatic rings. The first kappa shape index (κ1) is 21.8. The zero-order valence-corrected chi connectivity index (χ0v) is 19.7. The number of aromatic carboxylic acids is 1. The van der Waals surface area contributed by atoms with E-state index >= 15 is 0 Å². The summed E-state index contributed by atoms with van der Waals surface area (Å²) in [4.78, 5) is 17.1. The number of aromatic nitrogens is 3. The average molecular weight is 474 g/mol. The third kappa shape index (κ3) is 3.73. The van der Waals surface area contributed by atoms with Crippen molar-refractivity contribution >= 4 is 28.5 Å². The topological polar surface area (TPSA) is 77.2 Å². The van der Waals surface area contributed by atoms with Crippen LogP contribution in [0.1, 0.15) is 33.6 Å². The van der Waals surface area contributed by atoms with Gasteiger partial charge in [-0.05, 0) is 72.5 Å². The fraction of sp³-hybridized carbons (Fsp3) is 0.100. The lowest BCUT2D eigenvalue weighted by atomic mass is 10.0. The molecule has 1 aliphatic carbocycles. The number of rotatable bonds is 5. The molecule has 6 heteroatoms. The molecule has 2 aromatic heterocycles. The molecule has 5 aromatic rings. The highest BCUT2D eigenvalue weighted by Crippen LogP contribution is 2.38. The molecule has 3 aromatic carbocycles. The van der Waals surface area contributed by atoms with E-state index in [1.54, 1.807) is 7.11 Å². The monoisotopic (exact) mass is 473 g/mol. The molecule has 36 heavy (non-hydrogen) atoms. The summed E-state index contributed by atoms with van der Waals surface area (Å²) < 4.78 is 7.20. The van der Waals surface area contributed by atoms with E-state index in [0.717, 1.165) is 51.5 Å². The Morgan fingerprint density at radius 1 is 0.944 bits per heavy atom. The Hall–Kier alpha value is -4.71. The number of nitrogens with zero attached hydrogens (tertiary/aromatic N) is 3. The molecule has 0 saturated carbocycles. The first-order valence-corrected chi connectivity index (χ1v) is 11.8. The number of para-hydroxylation sites is 2. The van der Waals surface area contributed by atoms with Crippen molar-refractivity contribution in [2.45, 2.75) is 12.8 Å². The van der Waals surface area contributed by atoms with Crippen LogP contribution >= 0.6 is 0 Å². The minimum absolute atomic E-state index is 0.356. The highest BCUT2D eigenvalue weighted by atomic mass is 16.5. The predicted molar refractivity (Wildman–Crippen MR) is 140 cm³/mol. The molecule has 0 radical (unpaired) electrons. The summed E-state index contributed by atoms with van der Waals surface area (Å²) in [6.45, 7) is 0. The molecule has 0 unspecified atom stereocenters. The zero-order chi connectivity index (χ0) is 24.6. The minimum atomic E-state index is -0.915. The molecule has 2 heterocycles. The fourth-order valence-corrected chi connectivity index (χ4v) is 4.89. The van der Waals surface area contributed by atoms with Crippen molar-refractivity contribution in [2.75, 3.05) is 7.11 Å². The number of ether oxygens (including phenoxy) is 1. The SMILES string of the molecule is COc1ccc(-c2nn(-c3ccccc3)cc2C=C2CCc3c2nc2ccccc2c3C(=O)O)cc1. The van der Waals surface area contributed by atoms with Crippen molar-refractivity contribution in [3.8, 4) is 22.7 Å². The summed E-state index contributed by atoms with van der Waals surface area (Å²) in [7, 11) is 1.65. The van der Waals surface area contributed by atoms with Crippen molar-refractivity contribution in [1.29, 1.82) is 0 Å². The molecule has 0 spiro atoms. The molecular formula is C30H23N3O3. The molecule has 6 rings (SSSR count). The largest absolute Gasteiger partial charge is 0.497 e. The van der Waals surface area contributed by atoms with Gasteiger partial charge in [-0.1, -0.05) is 36.4 Å². The number of carboxylic acids is 1. The lowest BCUT2D eigenvalue weighted by molar-refractivity contribution is 0.0698. The number of benzene rings is 3. The lowest BCUT2D eigenvalue weighted by Crippen LogP contribution is -2.05. The molecule has 0 amide bonds. The molecule has 6 nitrogen and oxygen atoms in total. The molecule has 0 bridgehead atoms. The van der Waals surface area contributed by atoms with Gasteiger partial charge in [0.15, 0.2) is 0 Å². The van der Waals surface area contributed by atoms with Crippen molar-refractivity contribution in [1.82, 2.24) is 14.8 Å². The number of carboxylic acid groups (broad SMARTS) is 1. The Morgan fingerprint density at radius 3 is 2.44 bits per heavy atom. The van der Waals surface area contributed by atoms with Gasteiger partial charge in [0.1, 0.15) is 5.75 Å². The average Bonchev–Trinajstić information content (AvgIpc) is 3.52. The summed E-state index contributed by atoms with van der Waals surface area (Å²) in [5.74, 6) is -0.134. The van der Waals surface area contributed by atoms with E-state index < -0.39 is 5.97 Å². The Balaban J connectivity index is 1.52. The minimum Gasteiger partial charge on any atom is -0.497 e. The van der Waals surface area contributed by atoms with Crippen LogP contribution in [-0.2, 0) is 6.42 Å². The number of fused-ring (bicyclic) bond motifs is 2. The number of allylic oxidation sites excluding steroid dienone is 1. The van der Waals surface area contributed by atoms with E-state index in [1.165, 1.54) is 0 Å². The smallest absolute Gasteiger partial charge is 0.336 e. The maximum absolute atomic E-state index is 12.2. The van der Waals surface area contributed by atoms with Crippen LogP contribution in [0.3, 0.4) is 0 Å². The van der Waals surface area contributed by atoms with E-state index in [2.05, 4.69) is 6.08 Å². The Labute approximate surface area is 208 Å². The van der Waals surface area contributed by atoms with E-state index in [0.29, 0.717) is 22.9 Å². The van der Waals surface area contributed by atoms with Crippen molar-refractivity contribution < 1.29 is 14.6 Å². The van der Waals surface area contributed by atoms with Gasteiger partial charge in [0.2, 0.25) is 0 Å². The highest BCUT2D eigenvalue weighted by molar-refractivity contribution is 6.06. The van der Waals surface area contributed by atoms with E-state index in [4.69, 9.17) is 14.8 Å². The third-order valence-corrected chi connectivity index (χ3v) is 6.61.